The summed E-state index contributed by atoms with van der Waals surface area (Å²) in [6.45, 7) is 3.76. The average Bonchev–Trinajstić information content (AvgIpc) is 1.84. The van der Waals surface area contributed by atoms with Crippen molar-refractivity contribution in [3.63, 3.8) is 0 Å². The van der Waals surface area contributed by atoms with Gasteiger partial charge in [-0.1, -0.05) is 20.3 Å². The normalized spacial score (nSPS) is 15.1. The second kappa shape index (κ2) is 6.76. The summed E-state index contributed by atoms with van der Waals surface area (Å²) < 4.78 is 0. The largest absolute Gasteiger partial charge is 1.00 e. The van der Waals surface area contributed by atoms with E-state index in [2.05, 4.69) is 0 Å². The summed E-state index contributed by atoms with van der Waals surface area (Å²) in [7, 11) is 0. The molecule has 0 aliphatic heterocycles. The molecular weight excluding hydrogens is 157 g/mol. The van der Waals surface area contributed by atoms with Crippen LogP contribution in [-0.2, 0) is 4.79 Å². The van der Waals surface area contributed by atoms with Gasteiger partial charge in [0.25, 0.3) is 0 Å². The van der Waals surface area contributed by atoms with E-state index in [0.717, 1.165) is 6.42 Å². The van der Waals surface area contributed by atoms with Crippen LogP contribution in [0.15, 0.2) is 0 Å². The van der Waals surface area contributed by atoms with Gasteiger partial charge in [0, 0.05) is 0 Å². The van der Waals surface area contributed by atoms with Gasteiger partial charge < -0.3 is 12.3 Å². The van der Waals surface area contributed by atoms with Gasteiger partial charge in [-0.3, -0.25) is 4.79 Å². The molecule has 2 unspecified atom stereocenters. The predicted octanol–water partition coefficient (Wildman–Crippen LogP) is -2.44. The van der Waals surface area contributed by atoms with Crippen LogP contribution in [0.25, 0.3) is 0 Å². The summed E-state index contributed by atoms with van der Waals surface area (Å²) in [5.41, 5.74) is 5.27. The van der Waals surface area contributed by atoms with Crippen molar-refractivity contribution in [1.82, 2.24) is 0 Å². The molecule has 10 heavy (non-hydrogen) atoms. The fourth-order valence-corrected chi connectivity index (χ4v) is 0.497. The van der Waals surface area contributed by atoms with Crippen molar-refractivity contribution in [2.24, 2.45) is 11.7 Å². The van der Waals surface area contributed by atoms with Gasteiger partial charge in [-0.05, 0) is 5.92 Å². The van der Waals surface area contributed by atoms with Gasteiger partial charge >= 0.3 is 57.4 Å². The van der Waals surface area contributed by atoms with Crippen LogP contribution in [0.1, 0.15) is 21.7 Å². The van der Waals surface area contributed by atoms with E-state index in [1.54, 1.807) is 0 Å². The van der Waals surface area contributed by atoms with Crippen LogP contribution in [0, 0.1) is 5.92 Å². The van der Waals surface area contributed by atoms with Gasteiger partial charge in [0.15, 0.2) is 0 Å². The van der Waals surface area contributed by atoms with Crippen LogP contribution in [0.3, 0.4) is 0 Å². The minimum atomic E-state index is -0.913. The van der Waals surface area contributed by atoms with Crippen molar-refractivity contribution in [2.45, 2.75) is 26.3 Å². The number of hydrogen-bond donors (Lipinski definition) is 2. The fraction of sp³-hybridized carbons (Fsp3) is 0.833. The molecule has 3 N–H and O–H groups in total. The van der Waals surface area contributed by atoms with E-state index in [4.69, 9.17) is 10.8 Å². The second-order valence-corrected chi connectivity index (χ2v) is 2.25. The molecule has 0 rings (SSSR count). The van der Waals surface area contributed by atoms with Crippen LogP contribution >= 0.6 is 0 Å². The first kappa shape index (κ1) is 13.6. The van der Waals surface area contributed by atoms with Crippen molar-refractivity contribution in [3.8, 4) is 0 Å². The molecule has 0 fully saturated rings. The Morgan fingerprint density at radius 2 is 2.20 bits per heavy atom. The fourth-order valence-electron chi connectivity index (χ4n) is 0.497. The number of carboxylic acid groups (broad SMARTS) is 1. The molecule has 0 saturated heterocycles. The Balaban J connectivity index is -0.000000320. The van der Waals surface area contributed by atoms with Gasteiger partial charge in [0.2, 0.25) is 0 Å². The van der Waals surface area contributed by atoms with E-state index < -0.39 is 12.0 Å². The zero-order valence-corrected chi connectivity index (χ0v) is 9.92. The van der Waals surface area contributed by atoms with Crippen LogP contribution in [0.4, 0.5) is 0 Å². The molecule has 0 saturated carbocycles. The maximum absolute atomic E-state index is 10.2. The molecule has 0 aliphatic rings. The zero-order valence-electron chi connectivity index (χ0n) is 7.79. The number of carbonyl (C=O) groups is 1. The van der Waals surface area contributed by atoms with E-state index in [1.165, 1.54) is 0 Å². The molecule has 0 aromatic carbocycles. The molecule has 0 aliphatic carbocycles. The maximum atomic E-state index is 10.2. The van der Waals surface area contributed by atoms with E-state index >= 15 is 0 Å². The summed E-state index contributed by atoms with van der Waals surface area (Å²) in [6.07, 6.45) is 0.813. The van der Waals surface area contributed by atoms with E-state index in [-0.39, 0.29) is 58.7 Å². The molecule has 56 valence electrons. The zero-order chi connectivity index (χ0) is 7.44. The predicted molar refractivity (Wildman–Crippen MR) is 36.2 cm³/mol. The molecule has 2 atom stereocenters. The third-order valence-corrected chi connectivity index (χ3v) is 1.54. The van der Waals surface area contributed by atoms with E-state index in [1.807, 2.05) is 13.8 Å². The number of rotatable bonds is 3. The van der Waals surface area contributed by atoms with E-state index in [9.17, 15) is 4.79 Å². The first-order valence-electron chi connectivity index (χ1n) is 3.08. The van der Waals surface area contributed by atoms with Crippen molar-refractivity contribution in [1.29, 1.82) is 0 Å². The van der Waals surface area contributed by atoms with Crippen molar-refractivity contribution in [2.75, 3.05) is 0 Å². The molecule has 0 heterocycles. The molecular formula is C6H14KNO2. The smallest absolute Gasteiger partial charge is 1.00 e. The SMILES string of the molecule is CCC(C)C(N)C(=O)O.[H-].[K+]. The molecule has 0 aromatic heterocycles. The molecule has 3 nitrogen and oxygen atoms in total. The molecule has 0 spiro atoms. The van der Waals surface area contributed by atoms with Crippen molar-refractivity contribution in [3.05, 3.63) is 0 Å². The monoisotopic (exact) mass is 171 g/mol. The quantitative estimate of drug-likeness (QED) is 0.464. The number of carboxylic acids is 1. The molecule has 0 amide bonds. The van der Waals surface area contributed by atoms with Gasteiger partial charge in [-0.15, -0.1) is 0 Å². The minimum absolute atomic E-state index is 0. The number of hydrogen-bond acceptors (Lipinski definition) is 2. The van der Waals surface area contributed by atoms with Gasteiger partial charge in [0.05, 0.1) is 0 Å². The summed E-state index contributed by atoms with van der Waals surface area (Å²) in [5, 5.41) is 8.36. The molecule has 0 bridgehead atoms. The summed E-state index contributed by atoms with van der Waals surface area (Å²) >= 11 is 0. The molecule has 4 heteroatoms. The summed E-state index contributed by atoms with van der Waals surface area (Å²) in [6, 6.07) is -0.699. The maximum Gasteiger partial charge on any atom is 1.00 e. The van der Waals surface area contributed by atoms with Crippen LogP contribution in [0.5, 0.6) is 0 Å². The Morgan fingerprint density at radius 3 is 2.30 bits per heavy atom. The van der Waals surface area contributed by atoms with Gasteiger partial charge in [0.1, 0.15) is 6.04 Å². The Kier molecular flexibility index (Phi) is 9.22. The van der Waals surface area contributed by atoms with Crippen molar-refractivity contribution < 1.29 is 62.7 Å². The Morgan fingerprint density at radius 1 is 1.80 bits per heavy atom. The van der Waals surface area contributed by atoms with E-state index in [0.29, 0.717) is 0 Å². The average molecular weight is 171 g/mol. The molecule has 0 radical (unpaired) electrons. The second-order valence-electron chi connectivity index (χ2n) is 2.25. The van der Waals surface area contributed by atoms with Crippen LogP contribution < -0.4 is 57.1 Å². The van der Waals surface area contributed by atoms with Gasteiger partial charge in [-0.2, -0.15) is 0 Å². The summed E-state index contributed by atoms with van der Waals surface area (Å²) in [5.74, 6) is -0.841. The Hall–Kier alpha value is 1.07. The third kappa shape index (κ3) is 4.82. The number of nitrogens with two attached hydrogens (primary N) is 1. The topological polar surface area (TPSA) is 63.3 Å². The van der Waals surface area contributed by atoms with Crippen LogP contribution in [0.2, 0.25) is 0 Å². The van der Waals surface area contributed by atoms with Gasteiger partial charge in [-0.25, -0.2) is 0 Å². The Labute approximate surface area is 105 Å². The van der Waals surface area contributed by atoms with Crippen LogP contribution in [-0.4, -0.2) is 17.1 Å². The standard InChI is InChI=1S/C6H13NO2.K.H/c1-3-4(2)5(7)6(8)9;;/h4-5H,3,7H2,1-2H3,(H,8,9);;/q;+1;-1. The number of aliphatic carboxylic acids is 1. The minimum Gasteiger partial charge on any atom is -1.00 e. The first-order chi connectivity index (χ1) is 4.09. The Bertz CT molecular complexity index is 113. The third-order valence-electron chi connectivity index (χ3n) is 1.54. The summed E-state index contributed by atoms with van der Waals surface area (Å²) in [4.78, 5) is 10.2. The first-order valence-corrected chi connectivity index (χ1v) is 3.08. The molecule has 0 aromatic rings. The van der Waals surface area contributed by atoms with Crippen molar-refractivity contribution >= 4 is 5.97 Å².